The molecule has 0 aliphatic heterocycles. The first-order chi connectivity index (χ1) is 11.5. The minimum absolute atomic E-state index is 0.175. The molecule has 1 N–H and O–H groups in total. The van der Waals surface area contributed by atoms with Gasteiger partial charge in [-0.05, 0) is 25.1 Å². The Balaban J connectivity index is 2.51. The Bertz CT molecular complexity index is 827. The minimum Gasteiger partial charge on any atom is -0.479 e. The molecule has 25 heavy (non-hydrogen) atoms. The van der Waals surface area contributed by atoms with Crippen LogP contribution < -0.4 is 4.74 Å². The van der Waals surface area contributed by atoms with Crippen molar-refractivity contribution in [1.29, 1.82) is 0 Å². The number of carboxylic acid groups (broad SMARTS) is 1. The van der Waals surface area contributed by atoms with Gasteiger partial charge in [0.15, 0.2) is 6.10 Å². The van der Waals surface area contributed by atoms with Crippen LogP contribution in [0.3, 0.4) is 0 Å². The number of aliphatic carboxylic acids is 1. The molecule has 1 heterocycles. The first-order valence-electron chi connectivity index (χ1n) is 6.62. The third kappa shape index (κ3) is 4.32. The van der Waals surface area contributed by atoms with Gasteiger partial charge in [0.25, 0.3) is 0 Å². The summed E-state index contributed by atoms with van der Waals surface area (Å²) in [6, 6.07) is 2.47. The number of carboxylic acids is 1. The van der Waals surface area contributed by atoms with Gasteiger partial charge in [-0.25, -0.2) is 9.18 Å². The van der Waals surface area contributed by atoms with Gasteiger partial charge in [-0.2, -0.15) is 13.2 Å². The van der Waals surface area contributed by atoms with E-state index in [0.717, 1.165) is 12.1 Å². The highest BCUT2D eigenvalue weighted by atomic mass is 35.5. The maximum atomic E-state index is 14.1. The van der Waals surface area contributed by atoms with Crippen molar-refractivity contribution in [3.05, 3.63) is 45.8 Å². The van der Waals surface area contributed by atoms with Crippen LogP contribution in [0.1, 0.15) is 12.5 Å². The molecule has 10 heteroatoms. The summed E-state index contributed by atoms with van der Waals surface area (Å²) in [7, 11) is 0. The zero-order valence-electron chi connectivity index (χ0n) is 12.4. The van der Waals surface area contributed by atoms with E-state index < -0.39 is 34.7 Å². The summed E-state index contributed by atoms with van der Waals surface area (Å²) in [6.45, 7) is 1.23. The van der Waals surface area contributed by atoms with Crippen LogP contribution in [0.15, 0.2) is 24.4 Å². The van der Waals surface area contributed by atoms with Gasteiger partial charge in [0.05, 0.1) is 21.3 Å². The maximum Gasteiger partial charge on any atom is 0.417 e. The number of alkyl halides is 3. The molecule has 0 spiro atoms. The standard InChI is InChI=1S/C15H9Cl2F4NO3/c1-6(14(23)24)25-12-3-8(11(18)4-9(12)16)13-10(17)2-7(5-22-13)15(19,20)21/h2-6H,1H3,(H,23,24). The molecule has 0 radical (unpaired) electrons. The molecule has 0 bridgehead atoms. The van der Waals surface area contributed by atoms with Crippen LogP contribution in [0.2, 0.25) is 10.0 Å². The molecule has 0 aliphatic carbocycles. The Morgan fingerprint density at radius 1 is 1.24 bits per heavy atom. The highest BCUT2D eigenvalue weighted by molar-refractivity contribution is 6.33. The van der Waals surface area contributed by atoms with Crippen molar-refractivity contribution in [3.63, 3.8) is 0 Å². The van der Waals surface area contributed by atoms with Crippen molar-refractivity contribution in [3.8, 4) is 17.0 Å². The average molecular weight is 398 g/mol. The summed E-state index contributed by atoms with van der Waals surface area (Å²) in [5, 5.41) is 8.20. The van der Waals surface area contributed by atoms with Crippen LogP contribution in [-0.4, -0.2) is 22.2 Å². The van der Waals surface area contributed by atoms with E-state index in [-0.39, 0.29) is 22.0 Å². The number of carbonyl (C=O) groups is 1. The molecule has 1 aromatic carbocycles. The van der Waals surface area contributed by atoms with Gasteiger partial charge >= 0.3 is 12.1 Å². The van der Waals surface area contributed by atoms with E-state index in [0.29, 0.717) is 12.3 Å². The highest BCUT2D eigenvalue weighted by Gasteiger charge is 2.32. The smallest absolute Gasteiger partial charge is 0.417 e. The second-order valence-electron chi connectivity index (χ2n) is 4.91. The second kappa shape index (κ2) is 7.05. The molecular formula is C15H9Cl2F4NO3. The Morgan fingerprint density at radius 3 is 2.40 bits per heavy atom. The van der Waals surface area contributed by atoms with Crippen molar-refractivity contribution in [2.24, 2.45) is 0 Å². The topological polar surface area (TPSA) is 59.4 Å². The highest BCUT2D eigenvalue weighted by Crippen LogP contribution is 2.38. The van der Waals surface area contributed by atoms with E-state index in [9.17, 15) is 22.4 Å². The zero-order valence-corrected chi connectivity index (χ0v) is 13.9. The number of nitrogens with zero attached hydrogens (tertiary/aromatic N) is 1. The fourth-order valence-corrected chi connectivity index (χ4v) is 2.30. The first kappa shape index (κ1) is 19.3. The van der Waals surface area contributed by atoms with E-state index in [2.05, 4.69) is 4.98 Å². The predicted octanol–water partition coefficient (Wildman–Crippen LogP) is 5.07. The van der Waals surface area contributed by atoms with Crippen LogP contribution in [0.4, 0.5) is 17.6 Å². The van der Waals surface area contributed by atoms with E-state index >= 15 is 0 Å². The third-order valence-corrected chi connectivity index (χ3v) is 3.68. The van der Waals surface area contributed by atoms with E-state index in [4.69, 9.17) is 33.0 Å². The van der Waals surface area contributed by atoms with Crippen molar-refractivity contribution >= 4 is 29.2 Å². The second-order valence-corrected chi connectivity index (χ2v) is 5.73. The van der Waals surface area contributed by atoms with Crippen molar-refractivity contribution in [2.75, 3.05) is 0 Å². The number of hydrogen-bond donors (Lipinski definition) is 1. The number of halogens is 6. The molecule has 0 fully saturated rings. The molecule has 1 aromatic heterocycles. The molecule has 0 amide bonds. The molecule has 1 unspecified atom stereocenters. The van der Waals surface area contributed by atoms with Gasteiger partial charge in [-0.3, -0.25) is 4.98 Å². The lowest BCUT2D eigenvalue weighted by atomic mass is 10.1. The molecule has 2 rings (SSSR count). The van der Waals surface area contributed by atoms with Crippen LogP contribution in [0.5, 0.6) is 5.75 Å². The lowest BCUT2D eigenvalue weighted by Crippen LogP contribution is -2.23. The number of ether oxygens (including phenoxy) is 1. The summed E-state index contributed by atoms with van der Waals surface area (Å²) in [4.78, 5) is 14.4. The van der Waals surface area contributed by atoms with Crippen LogP contribution in [0.25, 0.3) is 11.3 Å². The summed E-state index contributed by atoms with van der Waals surface area (Å²) < 4.78 is 57.2. The number of hydrogen-bond acceptors (Lipinski definition) is 3. The quantitative estimate of drug-likeness (QED) is 0.732. The molecule has 0 saturated heterocycles. The largest absolute Gasteiger partial charge is 0.479 e. The van der Waals surface area contributed by atoms with Gasteiger partial charge in [0.2, 0.25) is 0 Å². The average Bonchev–Trinajstić information content (AvgIpc) is 2.49. The summed E-state index contributed by atoms with van der Waals surface area (Å²) in [5.74, 6) is -2.37. The molecule has 1 atom stereocenters. The molecule has 0 saturated carbocycles. The molecule has 134 valence electrons. The summed E-state index contributed by atoms with van der Waals surface area (Å²) >= 11 is 11.6. The Kier molecular flexibility index (Phi) is 5.43. The number of benzene rings is 1. The predicted molar refractivity (Wildman–Crippen MR) is 82.4 cm³/mol. The monoisotopic (exact) mass is 397 g/mol. The molecule has 4 nitrogen and oxygen atoms in total. The minimum atomic E-state index is -4.65. The molecule has 2 aromatic rings. The fourth-order valence-electron chi connectivity index (χ4n) is 1.83. The van der Waals surface area contributed by atoms with Crippen molar-refractivity contribution in [2.45, 2.75) is 19.2 Å². The Labute approximate surface area is 149 Å². The first-order valence-corrected chi connectivity index (χ1v) is 7.38. The zero-order chi connectivity index (χ0) is 18.9. The Morgan fingerprint density at radius 2 is 1.88 bits per heavy atom. The normalized spacial score (nSPS) is 12.8. The van der Waals surface area contributed by atoms with Gasteiger partial charge in [-0.1, -0.05) is 23.2 Å². The number of aromatic nitrogens is 1. The van der Waals surface area contributed by atoms with Crippen LogP contribution in [0, 0.1) is 5.82 Å². The van der Waals surface area contributed by atoms with Gasteiger partial charge in [0.1, 0.15) is 11.6 Å². The van der Waals surface area contributed by atoms with Crippen molar-refractivity contribution < 1.29 is 32.2 Å². The van der Waals surface area contributed by atoms with Gasteiger partial charge in [0, 0.05) is 11.8 Å². The van der Waals surface area contributed by atoms with Crippen molar-refractivity contribution in [1.82, 2.24) is 4.98 Å². The SMILES string of the molecule is CC(Oc1cc(-c2ncc(C(F)(F)F)cc2Cl)c(F)cc1Cl)C(=O)O. The molecule has 0 aliphatic rings. The summed E-state index contributed by atoms with van der Waals surface area (Å²) in [6.07, 6.45) is -5.43. The fraction of sp³-hybridized carbons (Fsp3) is 0.200. The van der Waals surface area contributed by atoms with E-state index in [1.165, 1.54) is 6.92 Å². The van der Waals surface area contributed by atoms with E-state index in [1.807, 2.05) is 0 Å². The van der Waals surface area contributed by atoms with E-state index in [1.54, 1.807) is 0 Å². The summed E-state index contributed by atoms with van der Waals surface area (Å²) in [5.41, 5.74) is -1.64. The Hall–Kier alpha value is -2.06. The maximum absolute atomic E-state index is 14.1. The lowest BCUT2D eigenvalue weighted by molar-refractivity contribution is -0.144. The van der Waals surface area contributed by atoms with Gasteiger partial charge in [-0.15, -0.1) is 0 Å². The van der Waals surface area contributed by atoms with Crippen LogP contribution >= 0.6 is 23.2 Å². The third-order valence-electron chi connectivity index (χ3n) is 3.10. The number of pyridine rings is 1. The van der Waals surface area contributed by atoms with Gasteiger partial charge < -0.3 is 9.84 Å². The molecular weight excluding hydrogens is 389 g/mol. The van der Waals surface area contributed by atoms with Crippen LogP contribution in [-0.2, 0) is 11.0 Å². The lowest BCUT2D eigenvalue weighted by Gasteiger charge is -2.14. The number of rotatable bonds is 4.